The number of aromatic nitrogens is 2. The Kier molecular flexibility index (Phi) is 4.38. The van der Waals surface area contributed by atoms with E-state index in [-0.39, 0.29) is 4.65 Å². The number of hydrogen-bond acceptors (Lipinski definition) is 5. The number of nitrogens with zero attached hydrogens (tertiary/aromatic N) is 3. The van der Waals surface area contributed by atoms with Gasteiger partial charge < -0.3 is 15.2 Å². The maximum atomic E-state index is 11.8. The number of rotatable bonds is 5. The molecule has 6 heteroatoms. The number of hydrogen-bond donors (Lipinski definition) is 1. The van der Waals surface area contributed by atoms with Gasteiger partial charge in [0, 0.05) is 18.0 Å². The lowest BCUT2D eigenvalue weighted by Gasteiger charge is -2.33. The van der Waals surface area contributed by atoms with E-state index >= 15 is 0 Å². The Morgan fingerprint density at radius 2 is 1.91 bits per heavy atom. The molecule has 0 saturated heterocycles. The van der Waals surface area contributed by atoms with Crippen LogP contribution in [-0.4, -0.2) is 28.7 Å². The summed E-state index contributed by atoms with van der Waals surface area (Å²) in [5, 5.41) is 15.8. The maximum absolute atomic E-state index is 11.8. The summed E-state index contributed by atoms with van der Waals surface area (Å²) in [5.74, 6) is 0.699. The van der Waals surface area contributed by atoms with Gasteiger partial charge in [-0.15, -0.1) is 0 Å². The zero-order chi connectivity index (χ0) is 16.3. The molecule has 0 spiro atoms. The fourth-order valence-corrected chi connectivity index (χ4v) is 3.09. The van der Waals surface area contributed by atoms with E-state index in [0.29, 0.717) is 12.4 Å². The molecule has 23 heavy (non-hydrogen) atoms. The van der Waals surface area contributed by atoms with Crippen LogP contribution in [0.15, 0.2) is 54.9 Å². The van der Waals surface area contributed by atoms with Crippen LogP contribution in [0.5, 0.6) is 0 Å². The molecule has 0 fully saturated rings. The first-order valence-corrected chi connectivity index (χ1v) is 8.08. The van der Waals surface area contributed by atoms with E-state index in [9.17, 15) is 5.21 Å². The smallest absolute Gasteiger partial charge is 0.188 e. The molecule has 0 aliphatic rings. The van der Waals surface area contributed by atoms with Gasteiger partial charge in [-0.25, -0.2) is 9.97 Å². The third kappa shape index (κ3) is 4.35. The molecule has 1 N–H and O–H groups in total. The zero-order valence-electron chi connectivity index (χ0n) is 13.1. The van der Waals surface area contributed by atoms with Crippen molar-refractivity contribution >= 4 is 22.3 Å². The van der Waals surface area contributed by atoms with Crippen LogP contribution in [0.3, 0.4) is 0 Å². The van der Waals surface area contributed by atoms with Crippen LogP contribution in [0, 0.1) is 5.21 Å². The van der Waals surface area contributed by atoms with Crippen LogP contribution in [0.2, 0.25) is 0 Å². The van der Waals surface area contributed by atoms with Crippen molar-refractivity contribution in [1.82, 2.24) is 9.97 Å². The van der Waals surface area contributed by atoms with E-state index < -0.39 is 0 Å². The number of pyridine rings is 1. The lowest BCUT2D eigenvalue weighted by molar-refractivity contribution is -0.853. The number of benzene rings is 1. The molecule has 0 atom stereocenters. The summed E-state index contributed by atoms with van der Waals surface area (Å²) in [7, 11) is 3.25. The van der Waals surface area contributed by atoms with Gasteiger partial charge >= 0.3 is 0 Å². The summed E-state index contributed by atoms with van der Waals surface area (Å²) in [5.41, 5.74) is 2.09. The predicted molar refractivity (Wildman–Crippen MR) is 94.2 cm³/mol. The first-order chi connectivity index (χ1) is 11.0. The van der Waals surface area contributed by atoms with Crippen LogP contribution in [0.1, 0.15) is 5.56 Å². The van der Waals surface area contributed by atoms with Gasteiger partial charge in [-0.2, -0.15) is 0 Å². The van der Waals surface area contributed by atoms with Crippen LogP contribution < -0.4 is 5.32 Å². The van der Waals surface area contributed by atoms with Crippen molar-refractivity contribution in [2.24, 2.45) is 0 Å². The molecule has 118 valence electrons. The van der Waals surface area contributed by atoms with Gasteiger partial charge in [-0.1, -0.05) is 41.7 Å². The second-order valence-electron chi connectivity index (χ2n) is 5.80. The second-order valence-corrected chi connectivity index (χ2v) is 6.83. The quantitative estimate of drug-likeness (QED) is 0.568. The number of hydroxylamine groups is 3. The van der Waals surface area contributed by atoms with Crippen molar-refractivity contribution < 1.29 is 4.65 Å². The van der Waals surface area contributed by atoms with Crippen LogP contribution in [0.25, 0.3) is 10.4 Å². The fraction of sp³-hybridized carbons (Fsp3) is 0.176. The molecular formula is C17H18N4OS. The fourth-order valence-electron chi connectivity index (χ4n) is 2.26. The minimum Gasteiger partial charge on any atom is -0.633 e. The Morgan fingerprint density at radius 1 is 1.13 bits per heavy atom. The molecule has 0 aliphatic heterocycles. The molecule has 2 heterocycles. The Morgan fingerprint density at radius 3 is 2.65 bits per heavy atom. The van der Waals surface area contributed by atoms with E-state index in [1.54, 1.807) is 31.6 Å². The summed E-state index contributed by atoms with van der Waals surface area (Å²) < 4.78 is -0.362. The van der Waals surface area contributed by atoms with Gasteiger partial charge in [0.1, 0.15) is 12.4 Å². The normalized spacial score (nSPS) is 11.4. The lowest BCUT2D eigenvalue weighted by Crippen LogP contribution is -2.31. The van der Waals surface area contributed by atoms with E-state index in [1.165, 1.54) is 0 Å². The molecule has 0 unspecified atom stereocenters. The highest BCUT2D eigenvalue weighted by molar-refractivity contribution is 7.18. The van der Waals surface area contributed by atoms with Gasteiger partial charge in [0.15, 0.2) is 5.13 Å². The predicted octanol–water partition coefficient (Wildman–Crippen LogP) is 4.02. The Labute approximate surface area is 139 Å². The largest absolute Gasteiger partial charge is 0.633 e. The van der Waals surface area contributed by atoms with Crippen LogP contribution >= 0.6 is 11.3 Å². The van der Waals surface area contributed by atoms with Crippen molar-refractivity contribution in [3.8, 4) is 10.4 Å². The van der Waals surface area contributed by atoms with Crippen molar-refractivity contribution in [3.05, 3.63) is 65.6 Å². The van der Waals surface area contributed by atoms with E-state index in [1.807, 2.05) is 36.5 Å². The second kappa shape index (κ2) is 6.45. The Balaban J connectivity index is 1.75. The van der Waals surface area contributed by atoms with Crippen LogP contribution in [0.4, 0.5) is 10.9 Å². The average Bonchev–Trinajstić information content (AvgIpc) is 2.95. The third-order valence-electron chi connectivity index (χ3n) is 3.19. The molecule has 0 bridgehead atoms. The van der Waals surface area contributed by atoms with Gasteiger partial charge in [-0.3, -0.25) is 0 Å². The monoisotopic (exact) mass is 326 g/mol. The van der Waals surface area contributed by atoms with E-state index in [0.717, 1.165) is 21.1 Å². The highest BCUT2D eigenvalue weighted by Crippen LogP contribution is 2.30. The average molecular weight is 326 g/mol. The lowest BCUT2D eigenvalue weighted by atomic mass is 10.2. The molecule has 1 aromatic carbocycles. The topological polar surface area (TPSA) is 60.9 Å². The molecule has 0 radical (unpaired) electrons. The third-order valence-corrected chi connectivity index (χ3v) is 4.15. The molecule has 5 nitrogen and oxygen atoms in total. The number of quaternary nitrogens is 1. The summed E-state index contributed by atoms with van der Waals surface area (Å²) in [6, 6.07) is 13.9. The highest BCUT2D eigenvalue weighted by Gasteiger charge is 2.08. The van der Waals surface area contributed by atoms with Gasteiger partial charge in [-0.05, 0) is 17.7 Å². The standard InChI is InChI=1S/C17H18N4OS/c1-21(2,22)12-13-8-9-18-16(10-13)20-17-19-11-15(23-17)14-6-4-3-5-7-14/h3-11H,12H2,1-2H3,(H,18,19,20). The first-order valence-electron chi connectivity index (χ1n) is 7.27. The molecular weight excluding hydrogens is 308 g/mol. The van der Waals surface area contributed by atoms with E-state index in [2.05, 4.69) is 27.4 Å². The van der Waals surface area contributed by atoms with Crippen LogP contribution in [-0.2, 0) is 6.54 Å². The first kappa shape index (κ1) is 15.6. The Hall–Kier alpha value is -2.28. The number of thiazole rings is 1. The van der Waals surface area contributed by atoms with Gasteiger partial charge in [0.05, 0.1) is 19.0 Å². The van der Waals surface area contributed by atoms with E-state index in [4.69, 9.17) is 0 Å². The molecule has 2 aromatic heterocycles. The van der Waals surface area contributed by atoms with Crippen molar-refractivity contribution in [2.45, 2.75) is 6.54 Å². The summed E-state index contributed by atoms with van der Waals surface area (Å²) in [6.45, 7) is 0.407. The maximum Gasteiger partial charge on any atom is 0.188 e. The Bertz CT molecular complexity index is 781. The summed E-state index contributed by atoms with van der Waals surface area (Å²) >= 11 is 1.57. The number of anilines is 2. The summed E-state index contributed by atoms with van der Waals surface area (Å²) in [4.78, 5) is 9.79. The van der Waals surface area contributed by atoms with Gasteiger partial charge in [0.25, 0.3) is 0 Å². The molecule has 0 amide bonds. The molecule has 0 aliphatic carbocycles. The SMILES string of the molecule is C[N+](C)([O-])Cc1ccnc(Nc2ncc(-c3ccccc3)s2)c1. The van der Waals surface area contributed by atoms with Crippen molar-refractivity contribution in [3.63, 3.8) is 0 Å². The van der Waals surface area contributed by atoms with Gasteiger partial charge in [0.2, 0.25) is 0 Å². The highest BCUT2D eigenvalue weighted by atomic mass is 32.1. The molecule has 3 aromatic rings. The molecule has 0 saturated carbocycles. The minimum absolute atomic E-state index is 0.362. The summed E-state index contributed by atoms with van der Waals surface area (Å²) in [6.07, 6.45) is 3.56. The zero-order valence-corrected chi connectivity index (χ0v) is 13.9. The minimum atomic E-state index is -0.362. The number of nitrogens with one attached hydrogen (secondary N) is 1. The van der Waals surface area contributed by atoms with Crippen molar-refractivity contribution in [2.75, 3.05) is 19.4 Å². The molecule has 3 rings (SSSR count). The van der Waals surface area contributed by atoms with Crippen molar-refractivity contribution in [1.29, 1.82) is 0 Å².